The van der Waals surface area contributed by atoms with Crippen molar-refractivity contribution in [2.45, 2.75) is 25.9 Å². The van der Waals surface area contributed by atoms with Crippen molar-refractivity contribution in [1.82, 2.24) is 9.97 Å². The maximum Gasteiger partial charge on any atom is 0.411 e. The average Bonchev–Trinajstić information content (AvgIpc) is 3.00. The number of fused-ring (bicyclic) bond motifs is 2. The second-order valence-corrected chi connectivity index (χ2v) is 6.53. The third-order valence-electron chi connectivity index (χ3n) is 4.93. The zero-order valence-corrected chi connectivity index (χ0v) is 14.5. The van der Waals surface area contributed by atoms with Gasteiger partial charge in [0.15, 0.2) is 5.82 Å². The van der Waals surface area contributed by atoms with Gasteiger partial charge in [-0.1, -0.05) is 0 Å². The molecule has 8 heteroatoms. The van der Waals surface area contributed by atoms with Gasteiger partial charge in [-0.25, -0.2) is 14.2 Å². The molecule has 5 N–H and O–H groups in total. The van der Waals surface area contributed by atoms with Crippen molar-refractivity contribution in [2.24, 2.45) is 5.73 Å². The summed E-state index contributed by atoms with van der Waals surface area (Å²) < 4.78 is 19.8. The molecule has 0 unspecified atom stereocenters. The number of pyridine rings is 2. The highest BCUT2D eigenvalue weighted by Gasteiger charge is 2.26. The summed E-state index contributed by atoms with van der Waals surface area (Å²) >= 11 is 0. The molecule has 0 radical (unpaired) electrons. The highest BCUT2D eigenvalue weighted by Crippen LogP contribution is 2.40. The van der Waals surface area contributed by atoms with Gasteiger partial charge in [0.25, 0.3) is 0 Å². The summed E-state index contributed by atoms with van der Waals surface area (Å²) in [6.45, 7) is 1.83. The number of nitrogens with two attached hydrogens (primary N) is 2. The second-order valence-electron chi connectivity index (χ2n) is 6.53. The van der Waals surface area contributed by atoms with E-state index in [2.05, 4.69) is 9.97 Å². The molecule has 0 saturated heterocycles. The molecule has 0 bridgehead atoms. The Hall–Kier alpha value is -3.26. The van der Waals surface area contributed by atoms with Gasteiger partial charge in [-0.15, -0.1) is 0 Å². The summed E-state index contributed by atoms with van der Waals surface area (Å²) in [7, 11) is 0. The van der Waals surface area contributed by atoms with E-state index in [4.69, 9.17) is 16.2 Å². The molecule has 7 nitrogen and oxygen atoms in total. The fourth-order valence-electron chi connectivity index (χ4n) is 3.63. The molecule has 1 aliphatic carbocycles. The number of primary amides is 1. The van der Waals surface area contributed by atoms with E-state index in [0.717, 1.165) is 16.8 Å². The van der Waals surface area contributed by atoms with Gasteiger partial charge in [-0.05, 0) is 36.8 Å². The Bertz CT molecular complexity index is 1100. The molecule has 0 spiro atoms. The highest BCUT2D eigenvalue weighted by atomic mass is 19.1. The van der Waals surface area contributed by atoms with Crippen molar-refractivity contribution >= 4 is 22.6 Å². The molecule has 138 valence electrons. The number of aliphatic hydroxyl groups is 1. The summed E-state index contributed by atoms with van der Waals surface area (Å²) in [5, 5.41) is 11.1. The van der Waals surface area contributed by atoms with E-state index < -0.39 is 18.0 Å². The number of carbonyl (C=O) groups excluding carboxylic acids is 1. The fourth-order valence-corrected chi connectivity index (χ4v) is 3.63. The molecule has 0 aliphatic heterocycles. The number of benzene rings is 1. The van der Waals surface area contributed by atoms with Gasteiger partial charge in [0.05, 0.1) is 11.8 Å². The van der Waals surface area contributed by atoms with Crippen LogP contribution < -0.4 is 16.2 Å². The van der Waals surface area contributed by atoms with Crippen molar-refractivity contribution in [3.8, 4) is 17.0 Å². The normalized spacial score (nSPS) is 15.7. The van der Waals surface area contributed by atoms with Crippen LogP contribution in [0.25, 0.3) is 21.9 Å². The Morgan fingerprint density at radius 3 is 2.81 bits per heavy atom. The monoisotopic (exact) mass is 368 g/mol. The third kappa shape index (κ3) is 2.74. The number of ether oxygens (including phenoxy) is 1. The minimum atomic E-state index is -0.996. The minimum absolute atomic E-state index is 0.00817. The number of amides is 1. The first-order valence-electron chi connectivity index (χ1n) is 8.38. The second kappa shape index (κ2) is 6.17. The van der Waals surface area contributed by atoms with E-state index in [1.54, 1.807) is 12.3 Å². The van der Waals surface area contributed by atoms with Crippen molar-refractivity contribution in [1.29, 1.82) is 0 Å². The summed E-state index contributed by atoms with van der Waals surface area (Å²) in [6.07, 6.45) is 2.62. The number of halogens is 1. The maximum absolute atomic E-state index is 15.0. The molecular weight excluding hydrogens is 351 g/mol. The lowest BCUT2D eigenvalue weighted by molar-refractivity contribution is 0.179. The number of aliphatic hydroxyl groups excluding tert-OH is 1. The quantitative estimate of drug-likeness (QED) is 0.598. The van der Waals surface area contributed by atoms with Crippen LogP contribution in [0.15, 0.2) is 24.5 Å². The van der Waals surface area contributed by atoms with E-state index in [1.165, 1.54) is 12.3 Å². The number of aryl methyl sites for hydroxylation is 1. The van der Waals surface area contributed by atoms with Gasteiger partial charge in [-0.3, -0.25) is 4.98 Å². The number of anilines is 1. The zero-order valence-electron chi connectivity index (χ0n) is 14.5. The minimum Gasteiger partial charge on any atom is -0.396 e. The van der Waals surface area contributed by atoms with E-state index in [1.807, 2.05) is 6.92 Å². The number of rotatable bonds is 2. The summed E-state index contributed by atoms with van der Waals surface area (Å²) in [5.74, 6) is -0.601. The summed E-state index contributed by atoms with van der Waals surface area (Å²) in [5.41, 5.74) is 14.1. The molecule has 2 heterocycles. The molecular formula is C19H17FN4O3. The Labute approximate surface area is 153 Å². The molecule has 4 rings (SSSR count). The fraction of sp³-hybridized carbons (Fsp3) is 0.211. The van der Waals surface area contributed by atoms with Gasteiger partial charge >= 0.3 is 6.09 Å². The van der Waals surface area contributed by atoms with Crippen molar-refractivity contribution in [2.75, 3.05) is 5.73 Å². The molecule has 3 aromatic rings. The Morgan fingerprint density at radius 2 is 2.07 bits per heavy atom. The first-order chi connectivity index (χ1) is 12.9. The largest absolute Gasteiger partial charge is 0.411 e. The van der Waals surface area contributed by atoms with Crippen LogP contribution in [0.2, 0.25) is 0 Å². The first-order valence-corrected chi connectivity index (χ1v) is 8.38. The van der Waals surface area contributed by atoms with Crippen LogP contribution in [0.1, 0.15) is 29.3 Å². The number of nitrogen functional groups attached to an aromatic ring is 1. The van der Waals surface area contributed by atoms with Gasteiger partial charge in [-0.2, -0.15) is 0 Å². The molecule has 2 aromatic heterocycles. The van der Waals surface area contributed by atoms with Gasteiger partial charge in [0, 0.05) is 46.2 Å². The van der Waals surface area contributed by atoms with Gasteiger partial charge < -0.3 is 21.3 Å². The van der Waals surface area contributed by atoms with E-state index in [0.29, 0.717) is 29.2 Å². The molecule has 1 aromatic carbocycles. The first kappa shape index (κ1) is 17.2. The van der Waals surface area contributed by atoms with Crippen LogP contribution in [0.5, 0.6) is 5.88 Å². The number of hydrogen-bond acceptors (Lipinski definition) is 6. The molecule has 0 fully saturated rings. The zero-order chi connectivity index (χ0) is 19.3. The highest BCUT2D eigenvalue weighted by molar-refractivity contribution is 5.97. The molecule has 1 amide bonds. The molecule has 0 saturated carbocycles. The number of aromatic nitrogens is 2. The van der Waals surface area contributed by atoms with Crippen molar-refractivity contribution in [3.63, 3.8) is 0 Å². The lowest BCUT2D eigenvalue weighted by atomic mass is 9.94. The van der Waals surface area contributed by atoms with Crippen LogP contribution in [0.3, 0.4) is 0 Å². The lowest BCUT2D eigenvalue weighted by Gasteiger charge is -2.15. The maximum atomic E-state index is 15.0. The lowest BCUT2D eigenvalue weighted by Crippen LogP contribution is -2.16. The average molecular weight is 368 g/mol. The molecule has 1 aliphatic rings. The summed E-state index contributed by atoms with van der Waals surface area (Å²) in [4.78, 5) is 19.2. The Kier molecular flexibility index (Phi) is 3.92. The summed E-state index contributed by atoms with van der Waals surface area (Å²) in [6, 6.07) is 3.05. The number of hydrogen-bond donors (Lipinski definition) is 3. The Morgan fingerprint density at radius 1 is 1.30 bits per heavy atom. The predicted molar refractivity (Wildman–Crippen MR) is 97.6 cm³/mol. The number of nitrogens with zero attached hydrogens (tertiary/aromatic N) is 2. The van der Waals surface area contributed by atoms with Crippen LogP contribution >= 0.6 is 0 Å². The van der Waals surface area contributed by atoms with E-state index in [9.17, 15) is 9.90 Å². The molecule has 1 atom stereocenters. The van der Waals surface area contributed by atoms with Crippen LogP contribution in [-0.2, 0) is 6.42 Å². The smallest absolute Gasteiger partial charge is 0.396 e. The third-order valence-corrected chi connectivity index (χ3v) is 4.93. The SMILES string of the molecule is Cc1c(-c2cc3cc(OC(N)=O)ncc3c(N)c2F)cnc2c1[C@H](O)CC2. The predicted octanol–water partition coefficient (Wildman–Crippen LogP) is 2.76. The molecule has 27 heavy (non-hydrogen) atoms. The van der Waals surface area contributed by atoms with Gasteiger partial charge in [0.1, 0.15) is 0 Å². The van der Waals surface area contributed by atoms with Gasteiger partial charge in [0.2, 0.25) is 5.88 Å². The Balaban J connectivity index is 1.93. The van der Waals surface area contributed by atoms with Crippen LogP contribution in [-0.4, -0.2) is 21.2 Å². The van der Waals surface area contributed by atoms with Crippen molar-refractivity contribution < 1.29 is 19.0 Å². The standard InChI is InChI=1S/C19H17FN4O3/c1-8-11(6-23-13-2-3-14(25)16(8)13)10-4-9-5-15(27-19(22)26)24-7-12(9)18(21)17(10)20/h4-7,14,25H,2-3,21H2,1H3,(H2,22,26)/t14-/m1/s1. The van der Waals surface area contributed by atoms with Crippen LogP contribution in [0, 0.1) is 12.7 Å². The van der Waals surface area contributed by atoms with Crippen molar-refractivity contribution in [3.05, 3.63) is 47.2 Å². The van der Waals surface area contributed by atoms with E-state index >= 15 is 4.39 Å². The van der Waals surface area contributed by atoms with Crippen LogP contribution in [0.4, 0.5) is 14.9 Å². The number of carbonyl (C=O) groups is 1. The topological polar surface area (TPSA) is 124 Å². The van der Waals surface area contributed by atoms with E-state index in [-0.39, 0.29) is 17.1 Å².